The second-order valence-corrected chi connectivity index (χ2v) is 7.02. The third-order valence-corrected chi connectivity index (χ3v) is 5.21. The van der Waals surface area contributed by atoms with Gasteiger partial charge in [0.1, 0.15) is 5.04 Å². The predicted octanol–water partition coefficient (Wildman–Crippen LogP) is 2.99. The first-order valence-electron chi connectivity index (χ1n) is 8.20. The highest BCUT2D eigenvalue weighted by Gasteiger charge is 2.36. The topological polar surface area (TPSA) is 96.6 Å². The molecule has 2 heterocycles. The molecule has 0 atom stereocenters. The van der Waals surface area contributed by atoms with Crippen molar-refractivity contribution in [1.29, 1.82) is 5.41 Å². The van der Waals surface area contributed by atoms with Gasteiger partial charge in [0, 0.05) is 11.5 Å². The van der Waals surface area contributed by atoms with E-state index in [-0.39, 0.29) is 17.3 Å². The number of rotatable bonds is 5. The second-order valence-electron chi connectivity index (χ2n) is 6.04. The minimum Gasteiger partial charge on any atom is -0.493 e. The van der Waals surface area contributed by atoms with E-state index in [1.165, 1.54) is 38.1 Å². The molecule has 142 valence electrons. The SMILES string of the molecule is COc1ccc(/C=C2/C(=N)N3N=C(C(C)C)SC3=NC2=O)c(OC)c1OC. The molecule has 0 aromatic heterocycles. The number of carbonyl (C=O) groups excluding carboxylic acids is 1. The number of nitrogens with one attached hydrogen (secondary N) is 1. The van der Waals surface area contributed by atoms with Crippen LogP contribution in [0.2, 0.25) is 0 Å². The van der Waals surface area contributed by atoms with Gasteiger partial charge < -0.3 is 14.2 Å². The van der Waals surface area contributed by atoms with Gasteiger partial charge in [-0.25, -0.2) is 0 Å². The molecule has 8 nitrogen and oxygen atoms in total. The van der Waals surface area contributed by atoms with Crippen LogP contribution in [0.3, 0.4) is 0 Å². The fourth-order valence-electron chi connectivity index (χ4n) is 2.63. The molecular formula is C18H20N4O4S. The molecular weight excluding hydrogens is 368 g/mol. The zero-order valence-corrected chi connectivity index (χ0v) is 16.5. The summed E-state index contributed by atoms with van der Waals surface area (Å²) < 4.78 is 16.1. The van der Waals surface area contributed by atoms with Gasteiger partial charge in [0.05, 0.1) is 26.9 Å². The standard InChI is InChI=1S/C18H20N4O4S/c1-9(2)17-21-22-15(19)11(16(23)20-18(22)27-17)8-10-6-7-12(24-3)14(26-5)13(10)25-4/h6-9,19H,1-5H3/b11-8-,19-15?. The Balaban J connectivity index is 2.06. The van der Waals surface area contributed by atoms with E-state index in [0.29, 0.717) is 28.0 Å². The fourth-order valence-corrected chi connectivity index (χ4v) is 3.53. The Hall–Kier alpha value is -2.81. The highest BCUT2D eigenvalue weighted by atomic mass is 32.2. The Morgan fingerprint density at radius 3 is 2.44 bits per heavy atom. The van der Waals surface area contributed by atoms with Crippen LogP contribution in [0.25, 0.3) is 6.08 Å². The largest absolute Gasteiger partial charge is 0.493 e. The second kappa shape index (κ2) is 7.43. The molecule has 9 heteroatoms. The van der Waals surface area contributed by atoms with Crippen molar-refractivity contribution in [1.82, 2.24) is 5.01 Å². The van der Waals surface area contributed by atoms with Crippen molar-refractivity contribution >= 4 is 39.8 Å². The van der Waals surface area contributed by atoms with Crippen molar-refractivity contribution in [2.75, 3.05) is 21.3 Å². The van der Waals surface area contributed by atoms with Gasteiger partial charge >= 0.3 is 0 Å². The fraction of sp³-hybridized carbons (Fsp3) is 0.333. The van der Waals surface area contributed by atoms with Crippen LogP contribution in [0.4, 0.5) is 0 Å². The summed E-state index contributed by atoms with van der Waals surface area (Å²) in [5.41, 5.74) is 0.695. The lowest BCUT2D eigenvalue weighted by Crippen LogP contribution is -2.35. The predicted molar refractivity (Wildman–Crippen MR) is 106 cm³/mol. The van der Waals surface area contributed by atoms with Crippen molar-refractivity contribution in [2.24, 2.45) is 16.0 Å². The summed E-state index contributed by atoms with van der Waals surface area (Å²) in [7, 11) is 4.53. The maximum atomic E-state index is 12.5. The van der Waals surface area contributed by atoms with Crippen molar-refractivity contribution in [3.05, 3.63) is 23.3 Å². The first-order chi connectivity index (χ1) is 12.9. The van der Waals surface area contributed by atoms with E-state index < -0.39 is 5.91 Å². The van der Waals surface area contributed by atoms with Crippen molar-refractivity contribution in [3.8, 4) is 17.2 Å². The number of aliphatic imine (C=N–C) groups is 1. The van der Waals surface area contributed by atoms with Gasteiger partial charge in [-0.05, 0) is 30.0 Å². The number of fused-ring (bicyclic) bond motifs is 1. The smallest absolute Gasteiger partial charge is 0.283 e. The first kappa shape index (κ1) is 19.0. The molecule has 2 aliphatic heterocycles. The Bertz CT molecular complexity index is 905. The third-order valence-electron chi connectivity index (χ3n) is 4.00. The number of hydrazone groups is 1. The molecule has 1 amide bonds. The lowest BCUT2D eigenvalue weighted by molar-refractivity contribution is -0.114. The van der Waals surface area contributed by atoms with Gasteiger partial charge in [-0.2, -0.15) is 15.1 Å². The molecule has 1 N–H and O–H groups in total. The lowest BCUT2D eigenvalue weighted by Gasteiger charge is -2.21. The maximum absolute atomic E-state index is 12.5. The molecule has 0 saturated carbocycles. The Labute approximate surface area is 161 Å². The van der Waals surface area contributed by atoms with Crippen LogP contribution in [-0.4, -0.2) is 48.3 Å². The van der Waals surface area contributed by atoms with Gasteiger partial charge in [0.2, 0.25) is 10.9 Å². The number of benzene rings is 1. The van der Waals surface area contributed by atoms with E-state index in [1.54, 1.807) is 18.2 Å². The van der Waals surface area contributed by atoms with Gasteiger partial charge in [-0.15, -0.1) is 0 Å². The molecule has 0 radical (unpaired) electrons. The summed E-state index contributed by atoms with van der Waals surface area (Å²) in [4.78, 5) is 16.6. The van der Waals surface area contributed by atoms with E-state index in [2.05, 4.69) is 10.1 Å². The summed E-state index contributed by atoms with van der Waals surface area (Å²) in [5.74, 6) is 0.987. The maximum Gasteiger partial charge on any atom is 0.283 e. The van der Waals surface area contributed by atoms with Gasteiger partial charge in [0.25, 0.3) is 5.91 Å². The first-order valence-corrected chi connectivity index (χ1v) is 9.02. The molecule has 0 fully saturated rings. The van der Waals surface area contributed by atoms with Crippen LogP contribution in [0, 0.1) is 11.3 Å². The van der Waals surface area contributed by atoms with Crippen LogP contribution >= 0.6 is 11.8 Å². The van der Waals surface area contributed by atoms with Gasteiger partial charge in [0.15, 0.2) is 17.3 Å². The Morgan fingerprint density at radius 2 is 1.85 bits per heavy atom. The summed E-state index contributed by atoms with van der Waals surface area (Å²) in [6, 6.07) is 3.44. The van der Waals surface area contributed by atoms with Gasteiger partial charge in [-0.3, -0.25) is 10.2 Å². The van der Waals surface area contributed by atoms with E-state index in [9.17, 15) is 4.79 Å². The number of carbonyl (C=O) groups is 1. The summed E-state index contributed by atoms with van der Waals surface area (Å²) in [5, 5.41) is 15.4. The molecule has 2 aliphatic rings. The van der Waals surface area contributed by atoms with Crippen molar-refractivity contribution in [2.45, 2.75) is 13.8 Å². The number of amides is 1. The van der Waals surface area contributed by atoms with E-state index in [4.69, 9.17) is 19.6 Å². The summed E-state index contributed by atoms with van der Waals surface area (Å²) in [6.45, 7) is 4.00. The molecule has 0 unspecified atom stereocenters. The number of thioether (sulfide) groups is 1. The molecule has 0 bridgehead atoms. The van der Waals surface area contributed by atoms with Crippen LogP contribution in [0.1, 0.15) is 19.4 Å². The molecule has 27 heavy (non-hydrogen) atoms. The van der Waals surface area contributed by atoms with Crippen LogP contribution in [0.5, 0.6) is 17.2 Å². The normalized spacial score (nSPS) is 17.9. The number of ether oxygens (including phenoxy) is 3. The van der Waals surface area contributed by atoms with Crippen LogP contribution < -0.4 is 14.2 Å². The minimum atomic E-state index is -0.490. The molecule has 0 saturated heterocycles. The highest BCUT2D eigenvalue weighted by molar-refractivity contribution is 8.27. The molecule has 3 rings (SSSR count). The van der Waals surface area contributed by atoms with E-state index in [0.717, 1.165) is 5.04 Å². The zero-order valence-electron chi connectivity index (χ0n) is 15.7. The molecule has 0 spiro atoms. The molecule has 1 aromatic carbocycles. The van der Waals surface area contributed by atoms with Crippen LogP contribution in [-0.2, 0) is 4.79 Å². The lowest BCUT2D eigenvalue weighted by atomic mass is 10.1. The monoisotopic (exact) mass is 388 g/mol. The average molecular weight is 388 g/mol. The Kier molecular flexibility index (Phi) is 5.22. The van der Waals surface area contributed by atoms with E-state index >= 15 is 0 Å². The number of methoxy groups -OCH3 is 3. The number of amidine groups is 2. The summed E-state index contributed by atoms with van der Waals surface area (Å²) >= 11 is 1.31. The Morgan fingerprint density at radius 1 is 1.15 bits per heavy atom. The molecule has 1 aromatic rings. The molecule has 0 aliphatic carbocycles. The summed E-state index contributed by atoms with van der Waals surface area (Å²) in [6.07, 6.45) is 1.55. The van der Waals surface area contributed by atoms with Crippen LogP contribution in [0.15, 0.2) is 27.8 Å². The number of nitrogens with zero attached hydrogens (tertiary/aromatic N) is 3. The highest BCUT2D eigenvalue weighted by Crippen LogP contribution is 2.41. The van der Waals surface area contributed by atoms with Gasteiger partial charge in [-0.1, -0.05) is 13.8 Å². The quantitative estimate of drug-likeness (QED) is 0.779. The third kappa shape index (κ3) is 3.30. The van der Waals surface area contributed by atoms with E-state index in [1.807, 2.05) is 13.8 Å². The van der Waals surface area contributed by atoms with Crippen molar-refractivity contribution < 1.29 is 19.0 Å². The zero-order chi connectivity index (χ0) is 19.7. The minimum absolute atomic E-state index is 0.0232. The number of hydrogen-bond acceptors (Lipinski definition) is 7. The van der Waals surface area contributed by atoms with Crippen molar-refractivity contribution in [3.63, 3.8) is 0 Å². The number of hydrogen-bond donors (Lipinski definition) is 1. The average Bonchev–Trinajstić information content (AvgIpc) is 3.08.